The summed E-state index contributed by atoms with van der Waals surface area (Å²) in [7, 11) is 0. The first-order valence-electron chi connectivity index (χ1n) is 11.2. The lowest BCUT2D eigenvalue weighted by Gasteiger charge is -2.15. The minimum absolute atomic E-state index is 0.0758. The van der Waals surface area contributed by atoms with Crippen LogP contribution in [-0.2, 0) is 24.4 Å². The molecule has 1 N–H and O–H groups in total. The number of anilines is 1. The zero-order valence-electron chi connectivity index (χ0n) is 19.8. The molecule has 0 aliphatic heterocycles. The second-order valence-corrected chi connectivity index (χ2v) is 9.07. The number of carbonyl (C=O) groups is 1. The molecule has 0 saturated carbocycles. The largest absolute Gasteiger partial charge is 0.485 e. The maximum absolute atomic E-state index is 12.5. The molecule has 0 bridgehead atoms. The summed E-state index contributed by atoms with van der Waals surface area (Å²) in [6.07, 6.45) is 2.65. The average Bonchev–Trinajstić information content (AvgIpc) is 3.18. The van der Waals surface area contributed by atoms with Crippen LogP contribution in [0.4, 0.5) is 5.69 Å². The monoisotopic (exact) mass is 464 g/mol. The van der Waals surface area contributed by atoms with Crippen LogP contribution < -0.4 is 10.1 Å². The van der Waals surface area contributed by atoms with E-state index in [1.807, 2.05) is 28.8 Å². The van der Waals surface area contributed by atoms with E-state index in [0.29, 0.717) is 30.1 Å². The summed E-state index contributed by atoms with van der Waals surface area (Å²) in [5.41, 5.74) is 4.27. The minimum atomic E-state index is -0.0758. The molecule has 2 aromatic carbocycles. The number of nitrogens with one attached hydrogen (secondary N) is 1. The zero-order chi connectivity index (χ0) is 23.8. The van der Waals surface area contributed by atoms with Gasteiger partial charge in [0.2, 0.25) is 5.91 Å². The maximum Gasteiger partial charge on any atom is 0.234 e. The van der Waals surface area contributed by atoms with Gasteiger partial charge in [0.1, 0.15) is 12.4 Å². The van der Waals surface area contributed by atoms with Gasteiger partial charge in [-0.3, -0.25) is 9.36 Å². The third-order valence-corrected chi connectivity index (χ3v) is 6.22. The number of para-hydroxylation sites is 1. The van der Waals surface area contributed by atoms with E-state index in [4.69, 9.17) is 4.74 Å². The molecule has 3 rings (SSSR count). The van der Waals surface area contributed by atoms with Crippen LogP contribution in [0.3, 0.4) is 0 Å². The number of hydrogen-bond acceptors (Lipinski definition) is 5. The number of amides is 1. The normalized spacial score (nSPS) is 10.9. The Labute approximate surface area is 200 Å². The second-order valence-electron chi connectivity index (χ2n) is 8.13. The lowest BCUT2D eigenvalue weighted by Crippen LogP contribution is -2.16. The van der Waals surface area contributed by atoms with E-state index >= 15 is 0 Å². The SMILES string of the molecule is C=CCn1c(COc2cc(C)ccc2C(C)C)nnc1SCC(=O)Nc1ccccc1CC. The molecule has 0 fully saturated rings. The highest BCUT2D eigenvalue weighted by atomic mass is 32.2. The first kappa shape index (κ1) is 24.6. The van der Waals surface area contributed by atoms with E-state index in [2.05, 4.69) is 68.0 Å². The Kier molecular flexibility index (Phi) is 8.72. The van der Waals surface area contributed by atoms with E-state index in [9.17, 15) is 4.79 Å². The topological polar surface area (TPSA) is 69.0 Å². The van der Waals surface area contributed by atoms with Crippen molar-refractivity contribution in [3.05, 3.63) is 77.6 Å². The van der Waals surface area contributed by atoms with Crippen LogP contribution in [-0.4, -0.2) is 26.4 Å². The number of benzene rings is 2. The Balaban J connectivity index is 1.68. The molecule has 6 nitrogen and oxygen atoms in total. The predicted octanol–water partition coefficient (Wildman–Crippen LogP) is 5.77. The van der Waals surface area contributed by atoms with E-state index in [-0.39, 0.29) is 11.7 Å². The average molecular weight is 465 g/mol. The number of thioether (sulfide) groups is 1. The van der Waals surface area contributed by atoms with Crippen LogP contribution in [0.15, 0.2) is 60.3 Å². The molecule has 3 aromatic rings. The molecule has 0 atom stereocenters. The molecule has 0 saturated heterocycles. The summed E-state index contributed by atoms with van der Waals surface area (Å²) in [4.78, 5) is 12.5. The standard InChI is InChI=1S/C26H32N4O2S/c1-6-14-30-24(16-32-23-15-19(5)12-13-21(23)18(3)4)28-29-26(30)33-17-25(31)27-22-11-9-8-10-20(22)7-2/h6,8-13,15,18H,1,7,14,16-17H2,2-5H3,(H,27,31). The number of aryl methyl sites for hydroxylation is 2. The molecule has 0 aliphatic carbocycles. The molecule has 33 heavy (non-hydrogen) atoms. The van der Waals surface area contributed by atoms with Crippen LogP contribution in [0.2, 0.25) is 0 Å². The summed E-state index contributed by atoms with van der Waals surface area (Å²) in [6.45, 7) is 13.1. The lowest BCUT2D eigenvalue weighted by atomic mass is 10.0. The Morgan fingerprint density at radius 2 is 2.03 bits per heavy atom. The van der Waals surface area contributed by atoms with Crippen molar-refractivity contribution in [3.63, 3.8) is 0 Å². The van der Waals surface area contributed by atoms with Gasteiger partial charge in [-0.15, -0.1) is 16.8 Å². The zero-order valence-corrected chi connectivity index (χ0v) is 20.6. The highest BCUT2D eigenvalue weighted by molar-refractivity contribution is 7.99. The van der Waals surface area contributed by atoms with Crippen molar-refractivity contribution in [2.45, 2.75) is 58.3 Å². The molecule has 174 valence electrons. The fourth-order valence-corrected chi connectivity index (χ4v) is 4.26. The summed E-state index contributed by atoms with van der Waals surface area (Å²) in [5.74, 6) is 2.08. The number of carbonyl (C=O) groups excluding carboxylic acids is 1. The lowest BCUT2D eigenvalue weighted by molar-refractivity contribution is -0.113. The Hall–Kier alpha value is -3.06. The summed E-state index contributed by atoms with van der Waals surface area (Å²) < 4.78 is 8.09. The number of rotatable bonds is 11. The van der Waals surface area contributed by atoms with Gasteiger partial charge < -0.3 is 10.1 Å². The predicted molar refractivity (Wildman–Crippen MR) is 135 cm³/mol. The molecular weight excluding hydrogens is 432 g/mol. The van der Waals surface area contributed by atoms with Crippen LogP contribution in [0, 0.1) is 6.92 Å². The maximum atomic E-state index is 12.5. The first-order valence-corrected chi connectivity index (χ1v) is 12.2. The Morgan fingerprint density at radius 1 is 1.24 bits per heavy atom. The second kappa shape index (κ2) is 11.7. The highest BCUT2D eigenvalue weighted by Crippen LogP contribution is 2.28. The van der Waals surface area contributed by atoms with Crippen molar-refractivity contribution in [2.75, 3.05) is 11.1 Å². The van der Waals surface area contributed by atoms with E-state index in [1.54, 1.807) is 6.08 Å². The van der Waals surface area contributed by atoms with Crippen molar-refractivity contribution in [2.24, 2.45) is 0 Å². The molecule has 7 heteroatoms. The number of ether oxygens (including phenoxy) is 1. The van der Waals surface area contributed by atoms with Gasteiger partial charge in [0, 0.05) is 12.2 Å². The van der Waals surface area contributed by atoms with Crippen molar-refractivity contribution in [1.29, 1.82) is 0 Å². The summed E-state index contributed by atoms with van der Waals surface area (Å²) in [6, 6.07) is 14.1. The van der Waals surface area contributed by atoms with Crippen LogP contribution in [0.25, 0.3) is 0 Å². The molecule has 0 aliphatic rings. The smallest absolute Gasteiger partial charge is 0.234 e. The highest BCUT2D eigenvalue weighted by Gasteiger charge is 2.16. The molecule has 1 heterocycles. The molecule has 0 unspecified atom stereocenters. The third-order valence-electron chi connectivity index (χ3n) is 5.26. The number of allylic oxidation sites excluding steroid dienone is 1. The fraction of sp³-hybridized carbons (Fsp3) is 0.346. The van der Waals surface area contributed by atoms with Crippen molar-refractivity contribution in [1.82, 2.24) is 14.8 Å². The summed E-state index contributed by atoms with van der Waals surface area (Å²) >= 11 is 1.35. The van der Waals surface area contributed by atoms with Gasteiger partial charge >= 0.3 is 0 Å². The molecule has 1 amide bonds. The molecular formula is C26H32N4O2S. The van der Waals surface area contributed by atoms with Gasteiger partial charge in [0.25, 0.3) is 0 Å². The van der Waals surface area contributed by atoms with Gasteiger partial charge in [-0.2, -0.15) is 0 Å². The Bertz CT molecular complexity index is 1110. The van der Waals surface area contributed by atoms with Gasteiger partial charge in [0.05, 0.1) is 5.75 Å². The van der Waals surface area contributed by atoms with Crippen LogP contribution in [0.1, 0.15) is 49.2 Å². The van der Waals surface area contributed by atoms with E-state index in [1.165, 1.54) is 11.8 Å². The van der Waals surface area contributed by atoms with E-state index in [0.717, 1.165) is 34.5 Å². The van der Waals surface area contributed by atoms with Gasteiger partial charge in [-0.05, 0) is 48.1 Å². The Morgan fingerprint density at radius 3 is 2.76 bits per heavy atom. The fourth-order valence-electron chi connectivity index (χ4n) is 3.50. The molecule has 0 spiro atoms. The van der Waals surface area contributed by atoms with Gasteiger partial charge in [0.15, 0.2) is 11.0 Å². The number of hydrogen-bond donors (Lipinski definition) is 1. The number of aromatic nitrogens is 3. The minimum Gasteiger partial charge on any atom is -0.485 e. The van der Waals surface area contributed by atoms with Crippen molar-refractivity contribution < 1.29 is 9.53 Å². The van der Waals surface area contributed by atoms with E-state index < -0.39 is 0 Å². The van der Waals surface area contributed by atoms with Crippen LogP contribution in [0.5, 0.6) is 5.75 Å². The molecule has 0 radical (unpaired) electrons. The number of nitrogens with zero attached hydrogens (tertiary/aromatic N) is 3. The van der Waals surface area contributed by atoms with Crippen molar-refractivity contribution in [3.8, 4) is 5.75 Å². The van der Waals surface area contributed by atoms with Crippen molar-refractivity contribution >= 4 is 23.4 Å². The third kappa shape index (κ3) is 6.48. The summed E-state index contributed by atoms with van der Waals surface area (Å²) in [5, 5.41) is 12.3. The van der Waals surface area contributed by atoms with Crippen LogP contribution >= 0.6 is 11.8 Å². The van der Waals surface area contributed by atoms with Gasteiger partial charge in [-0.1, -0.05) is 68.9 Å². The molecule has 1 aromatic heterocycles. The first-order chi connectivity index (χ1) is 15.9. The quantitative estimate of drug-likeness (QED) is 0.288. The van der Waals surface area contributed by atoms with Gasteiger partial charge in [-0.25, -0.2) is 0 Å².